The van der Waals surface area contributed by atoms with Gasteiger partial charge in [-0.2, -0.15) is 0 Å². The highest BCUT2D eigenvalue weighted by atomic mass is 79.9. The lowest BCUT2D eigenvalue weighted by atomic mass is 10.1. The SMILES string of the molecule is C[C@H](N)c1cc(Br)ccc1OCCO. The predicted octanol–water partition coefficient (Wildman–Crippen LogP) is 1.84. The summed E-state index contributed by atoms with van der Waals surface area (Å²) >= 11 is 3.37. The van der Waals surface area contributed by atoms with Gasteiger partial charge in [-0.05, 0) is 25.1 Å². The maximum atomic E-state index is 8.65. The summed E-state index contributed by atoms with van der Waals surface area (Å²) in [6.07, 6.45) is 0. The van der Waals surface area contributed by atoms with Crippen molar-refractivity contribution in [3.8, 4) is 5.75 Å². The average molecular weight is 260 g/mol. The zero-order chi connectivity index (χ0) is 10.6. The van der Waals surface area contributed by atoms with Gasteiger partial charge in [0.05, 0.1) is 6.61 Å². The van der Waals surface area contributed by atoms with Gasteiger partial charge in [0.25, 0.3) is 0 Å². The van der Waals surface area contributed by atoms with Crippen LogP contribution in [0.3, 0.4) is 0 Å². The van der Waals surface area contributed by atoms with E-state index >= 15 is 0 Å². The molecule has 0 aromatic heterocycles. The highest BCUT2D eigenvalue weighted by molar-refractivity contribution is 9.10. The summed E-state index contributed by atoms with van der Waals surface area (Å²) in [5, 5.41) is 8.65. The fourth-order valence-corrected chi connectivity index (χ4v) is 1.54. The molecule has 0 spiro atoms. The van der Waals surface area contributed by atoms with Gasteiger partial charge in [-0.1, -0.05) is 15.9 Å². The van der Waals surface area contributed by atoms with Gasteiger partial charge in [0.2, 0.25) is 0 Å². The Balaban J connectivity index is 2.90. The predicted molar refractivity (Wildman–Crippen MR) is 59.3 cm³/mol. The van der Waals surface area contributed by atoms with Crippen molar-refractivity contribution in [1.82, 2.24) is 0 Å². The Kier molecular flexibility index (Phi) is 4.38. The normalized spacial score (nSPS) is 12.6. The van der Waals surface area contributed by atoms with E-state index < -0.39 is 0 Å². The molecule has 1 rings (SSSR count). The first-order valence-electron chi connectivity index (χ1n) is 4.44. The van der Waals surface area contributed by atoms with Gasteiger partial charge in [-0.3, -0.25) is 0 Å². The minimum absolute atomic E-state index is 0.00839. The fourth-order valence-electron chi connectivity index (χ4n) is 1.16. The second-order valence-electron chi connectivity index (χ2n) is 3.04. The molecule has 4 heteroatoms. The van der Waals surface area contributed by atoms with Gasteiger partial charge in [0.15, 0.2) is 0 Å². The van der Waals surface area contributed by atoms with Crippen LogP contribution in [0.5, 0.6) is 5.75 Å². The minimum atomic E-state index is -0.0822. The standard InChI is InChI=1S/C10H14BrNO2/c1-7(12)9-6-8(11)2-3-10(9)14-5-4-13/h2-3,6-7,13H,4-5,12H2,1H3/t7-/m0/s1. The molecule has 0 unspecified atom stereocenters. The third kappa shape index (κ3) is 2.97. The molecule has 3 N–H and O–H groups in total. The fraction of sp³-hybridized carbons (Fsp3) is 0.400. The topological polar surface area (TPSA) is 55.5 Å². The van der Waals surface area contributed by atoms with Crippen molar-refractivity contribution >= 4 is 15.9 Å². The summed E-state index contributed by atoms with van der Waals surface area (Å²) in [4.78, 5) is 0. The van der Waals surface area contributed by atoms with Crippen LogP contribution in [0, 0.1) is 0 Å². The quantitative estimate of drug-likeness (QED) is 0.868. The summed E-state index contributed by atoms with van der Waals surface area (Å²) in [6.45, 7) is 2.20. The van der Waals surface area contributed by atoms with Crippen molar-refractivity contribution in [2.75, 3.05) is 13.2 Å². The minimum Gasteiger partial charge on any atom is -0.491 e. The van der Waals surface area contributed by atoms with Crippen molar-refractivity contribution < 1.29 is 9.84 Å². The van der Waals surface area contributed by atoms with Crippen molar-refractivity contribution in [2.45, 2.75) is 13.0 Å². The van der Waals surface area contributed by atoms with Crippen LogP contribution < -0.4 is 10.5 Å². The van der Waals surface area contributed by atoms with Gasteiger partial charge < -0.3 is 15.6 Å². The van der Waals surface area contributed by atoms with E-state index in [1.54, 1.807) is 0 Å². The Morgan fingerprint density at radius 2 is 2.29 bits per heavy atom. The first-order valence-corrected chi connectivity index (χ1v) is 5.23. The molecule has 0 fully saturated rings. The number of aliphatic hydroxyl groups is 1. The third-order valence-electron chi connectivity index (χ3n) is 1.81. The molecule has 14 heavy (non-hydrogen) atoms. The maximum absolute atomic E-state index is 8.65. The number of nitrogens with two attached hydrogens (primary N) is 1. The lowest BCUT2D eigenvalue weighted by Crippen LogP contribution is -2.10. The lowest BCUT2D eigenvalue weighted by molar-refractivity contribution is 0.200. The lowest BCUT2D eigenvalue weighted by Gasteiger charge is -2.13. The molecule has 1 aromatic carbocycles. The van der Waals surface area contributed by atoms with Crippen molar-refractivity contribution in [3.05, 3.63) is 28.2 Å². The van der Waals surface area contributed by atoms with Crippen molar-refractivity contribution in [2.24, 2.45) is 5.73 Å². The average Bonchev–Trinajstić information content (AvgIpc) is 2.15. The highest BCUT2D eigenvalue weighted by Gasteiger charge is 2.08. The monoisotopic (exact) mass is 259 g/mol. The first-order chi connectivity index (χ1) is 6.65. The molecule has 0 saturated heterocycles. The van der Waals surface area contributed by atoms with E-state index in [0.29, 0.717) is 6.61 Å². The first kappa shape index (κ1) is 11.5. The smallest absolute Gasteiger partial charge is 0.124 e. The van der Waals surface area contributed by atoms with Crippen LogP contribution in [-0.4, -0.2) is 18.3 Å². The molecule has 0 aliphatic heterocycles. The number of ether oxygens (including phenoxy) is 1. The second-order valence-corrected chi connectivity index (χ2v) is 3.96. The van der Waals surface area contributed by atoms with E-state index in [-0.39, 0.29) is 12.6 Å². The van der Waals surface area contributed by atoms with Gasteiger partial charge in [0, 0.05) is 16.1 Å². The Hall–Kier alpha value is -0.580. The molecule has 0 bridgehead atoms. The largest absolute Gasteiger partial charge is 0.491 e. The summed E-state index contributed by atoms with van der Waals surface area (Å²) in [5.74, 6) is 0.734. The highest BCUT2D eigenvalue weighted by Crippen LogP contribution is 2.27. The molecule has 0 heterocycles. The van der Waals surface area contributed by atoms with Gasteiger partial charge in [-0.15, -0.1) is 0 Å². The number of rotatable bonds is 4. The van der Waals surface area contributed by atoms with E-state index in [9.17, 15) is 0 Å². The van der Waals surface area contributed by atoms with E-state index in [1.807, 2.05) is 25.1 Å². The second kappa shape index (κ2) is 5.34. The summed E-state index contributed by atoms with van der Waals surface area (Å²) in [6, 6.07) is 5.58. The van der Waals surface area contributed by atoms with E-state index in [2.05, 4.69) is 15.9 Å². The number of hydrogen-bond donors (Lipinski definition) is 2. The molecule has 0 aliphatic carbocycles. The van der Waals surface area contributed by atoms with Crippen molar-refractivity contribution in [3.63, 3.8) is 0 Å². The van der Waals surface area contributed by atoms with Crippen LogP contribution in [-0.2, 0) is 0 Å². The Bertz CT molecular complexity index is 302. The molecule has 0 aliphatic rings. The molecule has 3 nitrogen and oxygen atoms in total. The Morgan fingerprint density at radius 1 is 1.57 bits per heavy atom. The summed E-state index contributed by atoms with van der Waals surface area (Å²) in [7, 11) is 0. The van der Waals surface area contributed by atoms with Crippen LogP contribution in [0.1, 0.15) is 18.5 Å². The van der Waals surface area contributed by atoms with Crippen molar-refractivity contribution in [1.29, 1.82) is 0 Å². The van der Waals surface area contributed by atoms with Crippen LogP contribution in [0.4, 0.5) is 0 Å². The van der Waals surface area contributed by atoms with E-state index in [1.165, 1.54) is 0 Å². The molecule has 0 radical (unpaired) electrons. The van der Waals surface area contributed by atoms with Crippen LogP contribution in [0.15, 0.2) is 22.7 Å². The van der Waals surface area contributed by atoms with Gasteiger partial charge in [-0.25, -0.2) is 0 Å². The number of benzene rings is 1. The van der Waals surface area contributed by atoms with Crippen LogP contribution in [0.25, 0.3) is 0 Å². The molecule has 78 valence electrons. The van der Waals surface area contributed by atoms with E-state index in [4.69, 9.17) is 15.6 Å². The third-order valence-corrected chi connectivity index (χ3v) is 2.30. The maximum Gasteiger partial charge on any atom is 0.124 e. The van der Waals surface area contributed by atoms with Gasteiger partial charge >= 0.3 is 0 Å². The number of halogens is 1. The van der Waals surface area contributed by atoms with E-state index in [0.717, 1.165) is 15.8 Å². The van der Waals surface area contributed by atoms with Gasteiger partial charge in [0.1, 0.15) is 12.4 Å². The Morgan fingerprint density at radius 3 is 2.86 bits per heavy atom. The molecule has 0 amide bonds. The number of hydrogen-bond acceptors (Lipinski definition) is 3. The zero-order valence-electron chi connectivity index (χ0n) is 8.03. The molecule has 1 aromatic rings. The van der Waals surface area contributed by atoms with Crippen LogP contribution in [0.2, 0.25) is 0 Å². The molecular weight excluding hydrogens is 246 g/mol. The molecule has 0 saturated carbocycles. The molecular formula is C10H14BrNO2. The number of aliphatic hydroxyl groups excluding tert-OH is 1. The zero-order valence-corrected chi connectivity index (χ0v) is 9.62. The van der Waals surface area contributed by atoms with Crippen LogP contribution >= 0.6 is 15.9 Å². The molecule has 1 atom stereocenters. The summed E-state index contributed by atoms with van der Waals surface area (Å²) < 4.78 is 6.33. The Labute approximate surface area is 92.0 Å². The summed E-state index contributed by atoms with van der Waals surface area (Å²) in [5.41, 5.74) is 6.73.